The van der Waals surface area contributed by atoms with E-state index in [2.05, 4.69) is 28.2 Å². The molecule has 0 aliphatic carbocycles. The summed E-state index contributed by atoms with van der Waals surface area (Å²) in [7, 11) is 0. The summed E-state index contributed by atoms with van der Waals surface area (Å²) in [6, 6.07) is 15.8. The highest BCUT2D eigenvalue weighted by Crippen LogP contribution is 2.24. The molecule has 2 aromatic carbocycles. The Morgan fingerprint density at radius 1 is 0.844 bits per heavy atom. The van der Waals surface area contributed by atoms with Gasteiger partial charge >= 0.3 is 5.97 Å². The van der Waals surface area contributed by atoms with Crippen molar-refractivity contribution in [1.82, 2.24) is 16.0 Å². The van der Waals surface area contributed by atoms with Crippen LogP contribution in [0.4, 0.5) is 5.69 Å². The van der Waals surface area contributed by atoms with Crippen molar-refractivity contribution in [3.63, 3.8) is 0 Å². The van der Waals surface area contributed by atoms with Gasteiger partial charge in [-0.05, 0) is 48.9 Å². The summed E-state index contributed by atoms with van der Waals surface area (Å²) in [5.41, 5.74) is 2.80. The smallest absolute Gasteiger partial charge is 0.305 e. The van der Waals surface area contributed by atoms with Crippen LogP contribution >= 0.6 is 11.8 Å². The van der Waals surface area contributed by atoms with Gasteiger partial charge in [0.25, 0.3) is 0 Å². The third-order valence-electron chi connectivity index (χ3n) is 7.13. The molecule has 2 aromatic rings. The van der Waals surface area contributed by atoms with Gasteiger partial charge in [0.2, 0.25) is 23.6 Å². The molecule has 0 saturated heterocycles. The second-order valence-electron chi connectivity index (χ2n) is 11.6. The van der Waals surface area contributed by atoms with E-state index in [4.69, 9.17) is 0 Å². The van der Waals surface area contributed by atoms with Crippen LogP contribution in [0.25, 0.3) is 0 Å². The molecule has 0 radical (unpaired) electrons. The SMILES string of the molecule is CCCCC(C)SC(CC(=O)O)C(=O)NCCC(=O)N[C@H](C(=O)N[C@@H](C)C(=O)Nc1cccc(Cc2ccccc2)c1)C(C)C. The fourth-order valence-electron chi connectivity index (χ4n) is 4.60. The summed E-state index contributed by atoms with van der Waals surface area (Å²) >= 11 is 1.33. The normalized spacial score (nSPS) is 13.6. The van der Waals surface area contributed by atoms with E-state index in [1.165, 1.54) is 11.8 Å². The Hall–Kier alpha value is -3.86. The average Bonchev–Trinajstić information content (AvgIpc) is 2.98. The van der Waals surface area contributed by atoms with Gasteiger partial charge < -0.3 is 26.4 Å². The summed E-state index contributed by atoms with van der Waals surface area (Å²) in [5, 5.41) is 19.5. The minimum atomic E-state index is -1.06. The molecule has 0 heterocycles. The Bertz CT molecular complexity index is 1270. The number of amides is 4. The lowest BCUT2D eigenvalue weighted by Crippen LogP contribution is -2.54. The fraction of sp³-hybridized carbons (Fsp3) is 0.500. The molecule has 4 atom stereocenters. The topological polar surface area (TPSA) is 154 Å². The van der Waals surface area contributed by atoms with Crippen molar-refractivity contribution >= 4 is 47.0 Å². The predicted octanol–water partition coefficient (Wildman–Crippen LogP) is 4.52. The van der Waals surface area contributed by atoms with Crippen molar-refractivity contribution in [2.24, 2.45) is 5.92 Å². The molecule has 2 unspecified atom stereocenters. The fourth-order valence-corrected chi connectivity index (χ4v) is 5.91. The van der Waals surface area contributed by atoms with Crippen LogP contribution in [0.3, 0.4) is 0 Å². The summed E-state index contributed by atoms with van der Waals surface area (Å²) in [4.78, 5) is 62.6. The molecule has 0 aromatic heterocycles. The second kappa shape index (κ2) is 19.5. The highest BCUT2D eigenvalue weighted by Gasteiger charge is 2.28. The van der Waals surface area contributed by atoms with Crippen molar-refractivity contribution < 1.29 is 29.1 Å². The Morgan fingerprint density at radius 3 is 2.18 bits per heavy atom. The monoisotopic (exact) mass is 640 g/mol. The number of rotatable bonds is 19. The van der Waals surface area contributed by atoms with Gasteiger partial charge in [0.05, 0.1) is 11.7 Å². The highest BCUT2D eigenvalue weighted by atomic mass is 32.2. The molecule has 5 N–H and O–H groups in total. The zero-order chi connectivity index (χ0) is 33.4. The molecular weight excluding hydrogens is 592 g/mol. The van der Waals surface area contributed by atoms with Crippen molar-refractivity contribution in [3.05, 3.63) is 65.7 Å². The molecule has 0 bridgehead atoms. The van der Waals surface area contributed by atoms with Gasteiger partial charge in [0.15, 0.2) is 0 Å². The van der Waals surface area contributed by atoms with Crippen molar-refractivity contribution in [2.75, 3.05) is 11.9 Å². The van der Waals surface area contributed by atoms with Crippen LogP contribution in [0, 0.1) is 5.92 Å². The Morgan fingerprint density at radius 2 is 1.53 bits per heavy atom. The summed E-state index contributed by atoms with van der Waals surface area (Å²) in [5.74, 6) is -3.10. The van der Waals surface area contributed by atoms with Gasteiger partial charge in [0.1, 0.15) is 12.1 Å². The van der Waals surface area contributed by atoms with Crippen LogP contribution in [-0.4, -0.2) is 63.8 Å². The van der Waals surface area contributed by atoms with Gasteiger partial charge in [-0.15, -0.1) is 11.8 Å². The largest absolute Gasteiger partial charge is 0.481 e. The van der Waals surface area contributed by atoms with Gasteiger partial charge in [-0.1, -0.05) is 83.0 Å². The number of unbranched alkanes of at least 4 members (excludes halogenated alkanes) is 1. The standard InChI is InChI=1S/C34H48N4O6S/c1-6-7-12-23(4)45-28(21-30(40)41)33(43)35-18-17-29(39)38-31(22(2)3)34(44)36-24(5)32(42)37-27-16-11-15-26(20-27)19-25-13-9-8-10-14-25/h8-11,13-16,20,22-24,28,31H,6-7,12,17-19,21H2,1-5H3,(H,35,43)(H,36,44)(H,37,42)(H,38,39)(H,40,41)/t23?,24-,28?,31-/m0/s1. The molecule has 246 valence electrons. The number of carbonyl (C=O) groups is 5. The van der Waals surface area contributed by atoms with E-state index in [0.717, 1.165) is 36.8 Å². The minimum absolute atomic E-state index is 0.000728. The summed E-state index contributed by atoms with van der Waals surface area (Å²) < 4.78 is 0. The number of hydrogen-bond acceptors (Lipinski definition) is 6. The van der Waals surface area contributed by atoms with Crippen LogP contribution in [0.15, 0.2) is 54.6 Å². The predicted molar refractivity (Wildman–Crippen MR) is 179 cm³/mol. The number of nitrogens with one attached hydrogen (secondary N) is 4. The molecule has 2 rings (SSSR count). The molecule has 45 heavy (non-hydrogen) atoms. The number of anilines is 1. The Balaban J connectivity index is 1.87. The van der Waals surface area contributed by atoms with E-state index in [1.54, 1.807) is 26.8 Å². The Kier molecular flexibility index (Phi) is 16.2. The first kappa shape index (κ1) is 37.3. The lowest BCUT2D eigenvalue weighted by Gasteiger charge is -2.24. The molecule has 0 saturated carbocycles. The van der Waals surface area contributed by atoms with Crippen LogP contribution in [0.1, 0.15) is 77.8 Å². The first-order valence-electron chi connectivity index (χ1n) is 15.6. The number of carboxylic acids is 1. The van der Waals surface area contributed by atoms with E-state index in [-0.39, 0.29) is 30.6 Å². The zero-order valence-electron chi connectivity index (χ0n) is 26.9. The lowest BCUT2D eigenvalue weighted by molar-refractivity contribution is -0.138. The number of aliphatic carboxylic acids is 1. The number of carboxylic acid groups (broad SMARTS) is 1. The van der Waals surface area contributed by atoms with Crippen LogP contribution in [-0.2, 0) is 30.4 Å². The molecular formula is C34H48N4O6S. The number of thioether (sulfide) groups is 1. The van der Waals surface area contributed by atoms with E-state index < -0.39 is 46.9 Å². The zero-order valence-corrected chi connectivity index (χ0v) is 27.7. The number of hydrogen-bond donors (Lipinski definition) is 5. The number of benzene rings is 2. The van der Waals surface area contributed by atoms with Crippen molar-refractivity contribution in [1.29, 1.82) is 0 Å². The first-order chi connectivity index (χ1) is 21.4. The molecule has 11 heteroatoms. The molecule has 0 aliphatic rings. The molecule has 4 amide bonds. The maximum atomic E-state index is 13.1. The van der Waals surface area contributed by atoms with E-state index in [1.807, 2.05) is 55.5 Å². The molecule has 0 aliphatic heterocycles. The molecule has 10 nitrogen and oxygen atoms in total. The maximum Gasteiger partial charge on any atom is 0.305 e. The van der Waals surface area contributed by atoms with Crippen molar-refractivity contribution in [3.8, 4) is 0 Å². The number of carbonyl (C=O) groups excluding carboxylic acids is 4. The van der Waals surface area contributed by atoms with Crippen LogP contribution < -0.4 is 21.3 Å². The summed E-state index contributed by atoms with van der Waals surface area (Å²) in [6.07, 6.45) is 3.21. The van der Waals surface area contributed by atoms with Gasteiger partial charge in [0, 0.05) is 23.9 Å². The van der Waals surface area contributed by atoms with Gasteiger partial charge in [-0.2, -0.15) is 0 Å². The van der Waals surface area contributed by atoms with Crippen LogP contribution in [0.5, 0.6) is 0 Å². The van der Waals surface area contributed by atoms with Crippen molar-refractivity contribution in [2.45, 2.75) is 95.7 Å². The second-order valence-corrected chi connectivity index (χ2v) is 13.2. The third-order valence-corrected chi connectivity index (χ3v) is 8.54. The quantitative estimate of drug-likeness (QED) is 0.151. The Labute approximate surface area is 270 Å². The average molecular weight is 641 g/mol. The van der Waals surface area contributed by atoms with Gasteiger partial charge in [-0.25, -0.2) is 0 Å². The van der Waals surface area contributed by atoms with E-state index >= 15 is 0 Å². The lowest BCUT2D eigenvalue weighted by atomic mass is 10.0. The first-order valence-corrected chi connectivity index (χ1v) is 16.5. The van der Waals surface area contributed by atoms with E-state index in [0.29, 0.717) is 5.69 Å². The molecule has 0 spiro atoms. The highest BCUT2D eigenvalue weighted by molar-refractivity contribution is 8.01. The summed E-state index contributed by atoms with van der Waals surface area (Å²) in [6.45, 7) is 9.18. The van der Waals surface area contributed by atoms with E-state index in [9.17, 15) is 29.1 Å². The maximum absolute atomic E-state index is 13.1. The van der Waals surface area contributed by atoms with Crippen LogP contribution in [0.2, 0.25) is 0 Å². The van der Waals surface area contributed by atoms with Gasteiger partial charge in [-0.3, -0.25) is 24.0 Å². The molecule has 0 fully saturated rings. The minimum Gasteiger partial charge on any atom is -0.481 e. The third kappa shape index (κ3) is 14.2.